The molecule has 48 heavy (non-hydrogen) atoms. The second-order valence-corrected chi connectivity index (χ2v) is 13.9. The summed E-state index contributed by atoms with van der Waals surface area (Å²) in [6, 6.07) is 8.67. The van der Waals surface area contributed by atoms with Gasteiger partial charge in [-0.15, -0.1) is 0 Å². The quantitative estimate of drug-likeness (QED) is 0.269. The molecule has 2 aliphatic carbocycles. The molecule has 2 aliphatic rings. The van der Waals surface area contributed by atoms with Gasteiger partial charge in [0, 0.05) is 35.5 Å². The van der Waals surface area contributed by atoms with Crippen LogP contribution in [0.25, 0.3) is 0 Å². The molecule has 4 rings (SSSR count). The number of carboxylic acid groups (broad SMARTS) is 2. The first-order valence-corrected chi connectivity index (χ1v) is 17.2. The Labute approximate surface area is 298 Å². The van der Waals surface area contributed by atoms with E-state index in [1.165, 1.54) is 17.5 Å². The van der Waals surface area contributed by atoms with E-state index in [1.807, 2.05) is 12.4 Å². The molecule has 1 radical (unpaired) electrons. The van der Waals surface area contributed by atoms with Crippen molar-refractivity contribution in [2.45, 2.75) is 131 Å². The van der Waals surface area contributed by atoms with Crippen molar-refractivity contribution in [3.8, 4) is 11.5 Å². The van der Waals surface area contributed by atoms with Gasteiger partial charge in [-0.25, -0.2) is 0 Å². The van der Waals surface area contributed by atoms with E-state index >= 15 is 0 Å². The smallest absolute Gasteiger partial charge is 0.550 e. The van der Waals surface area contributed by atoms with Gasteiger partial charge in [0.2, 0.25) is 0 Å². The summed E-state index contributed by atoms with van der Waals surface area (Å²) in [5, 5.41) is 39.7. The predicted molar refractivity (Wildman–Crippen MR) is 186 cm³/mol. The molecule has 0 saturated heterocycles. The summed E-state index contributed by atoms with van der Waals surface area (Å²) < 4.78 is 0. The minimum absolute atomic E-state index is 0. The van der Waals surface area contributed by atoms with Crippen molar-refractivity contribution >= 4 is 24.4 Å². The van der Waals surface area contributed by atoms with Gasteiger partial charge in [-0.2, -0.15) is 0 Å². The number of fused-ring (bicyclic) bond motifs is 2. The third kappa shape index (κ3) is 13.4. The number of aromatic hydroxyl groups is 2. The summed E-state index contributed by atoms with van der Waals surface area (Å²) in [5.41, 5.74) is 6.01. The SMILES string of the molecule is CC(=O)[O-].CC(=O)[O-].CCc1cc(CCC(C)C)cc(C=NC2CC3CCC2(N=Cc2cc(CCC(C)C)cc(CC)c2O)C3)c1O.[Co+2]. The third-order valence-electron chi connectivity index (χ3n) is 9.00. The molecule has 0 spiro atoms. The first kappa shape index (κ1) is 42.8. The second-order valence-electron chi connectivity index (χ2n) is 13.9. The molecular weight excluding hydrogens is 651 g/mol. The number of nitrogens with zero attached hydrogens (tertiary/aromatic N) is 2. The Kier molecular flexibility index (Phi) is 18.2. The van der Waals surface area contributed by atoms with Crippen LogP contribution in [-0.2, 0) is 52.1 Å². The van der Waals surface area contributed by atoms with E-state index in [1.54, 1.807) is 0 Å². The molecule has 2 N–H and O–H groups in total. The summed E-state index contributed by atoms with van der Waals surface area (Å²) in [5.74, 6) is 0.519. The number of carboxylic acids is 2. The summed E-state index contributed by atoms with van der Waals surface area (Å²) in [4.78, 5) is 28.1. The Morgan fingerprint density at radius 2 is 1.29 bits per heavy atom. The van der Waals surface area contributed by atoms with Crippen LogP contribution >= 0.6 is 0 Å². The average Bonchev–Trinajstić information content (AvgIpc) is 3.56. The number of hydrogen-bond acceptors (Lipinski definition) is 8. The van der Waals surface area contributed by atoms with Crippen molar-refractivity contribution in [3.05, 3.63) is 57.6 Å². The number of carbonyl (C=O) groups excluding carboxylic acids is 2. The fraction of sp³-hybridized carbons (Fsp3) is 0.590. The number of benzene rings is 2. The van der Waals surface area contributed by atoms with Gasteiger partial charge in [-0.05, 0) is 130 Å². The molecule has 0 aliphatic heterocycles. The molecule has 0 heterocycles. The van der Waals surface area contributed by atoms with Crippen molar-refractivity contribution in [1.82, 2.24) is 0 Å². The van der Waals surface area contributed by atoms with E-state index in [0.717, 1.165) is 93.9 Å². The van der Waals surface area contributed by atoms with Crippen LogP contribution in [0.1, 0.15) is 127 Å². The number of phenolic OH excluding ortho intramolecular Hbond substituents is 2. The summed E-state index contributed by atoms with van der Waals surface area (Å²) >= 11 is 0. The van der Waals surface area contributed by atoms with Gasteiger partial charge in [-0.1, -0.05) is 53.7 Å². The largest absolute Gasteiger partial charge is 2.00 e. The fourth-order valence-corrected chi connectivity index (χ4v) is 6.48. The van der Waals surface area contributed by atoms with E-state index in [-0.39, 0.29) is 28.4 Å². The van der Waals surface area contributed by atoms with Gasteiger partial charge in [0.05, 0.1) is 11.6 Å². The molecule has 3 unspecified atom stereocenters. The van der Waals surface area contributed by atoms with Gasteiger partial charge in [0.15, 0.2) is 0 Å². The van der Waals surface area contributed by atoms with Crippen LogP contribution in [0.2, 0.25) is 0 Å². The first-order valence-electron chi connectivity index (χ1n) is 17.2. The fourth-order valence-electron chi connectivity index (χ4n) is 6.48. The van der Waals surface area contributed by atoms with Crippen LogP contribution in [0.5, 0.6) is 11.5 Å². The standard InChI is InChI=1S/C35H50N2O2.2C2H4O2.Co/c1-7-28-15-25(11-9-23(3)4)17-30(33(28)38)21-36-32-19-27-13-14-35(32,20-27)37-22-31-18-26(12-10-24(5)6)16-29(8-2)34(31)39;2*1-2(3)4;/h15-18,21-24,27,32,38-39H,7-14,19-20H2,1-6H3;2*1H3,(H,3,4);/q;;;+2/p-2. The van der Waals surface area contributed by atoms with Gasteiger partial charge >= 0.3 is 16.8 Å². The zero-order valence-electron chi connectivity index (χ0n) is 30.1. The molecule has 8 nitrogen and oxygen atoms in total. The van der Waals surface area contributed by atoms with Gasteiger partial charge in [0.25, 0.3) is 0 Å². The van der Waals surface area contributed by atoms with Crippen molar-refractivity contribution in [3.63, 3.8) is 0 Å². The molecule has 9 heteroatoms. The molecule has 0 amide bonds. The van der Waals surface area contributed by atoms with Gasteiger partial charge in [-0.3, -0.25) is 9.98 Å². The predicted octanol–water partition coefficient (Wildman–Crippen LogP) is 5.76. The van der Waals surface area contributed by atoms with Crippen LogP contribution < -0.4 is 10.2 Å². The number of hydrogen-bond donors (Lipinski definition) is 2. The number of rotatable bonds is 12. The normalized spacial score (nSPS) is 19.6. The molecule has 2 aromatic carbocycles. The Bertz CT molecular complexity index is 1380. The Balaban J connectivity index is 0.00000115. The second kappa shape index (κ2) is 20.4. The Morgan fingerprint density at radius 1 is 0.854 bits per heavy atom. The zero-order valence-corrected chi connectivity index (χ0v) is 31.1. The van der Waals surface area contributed by atoms with Crippen LogP contribution in [0.3, 0.4) is 0 Å². The molecule has 3 atom stereocenters. The topological polar surface area (TPSA) is 145 Å². The van der Waals surface area contributed by atoms with E-state index in [4.69, 9.17) is 29.8 Å². The molecule has 2 aromatic rings. The molecule has 0 aromatic heterocycles. The maximum Gasteiger partial charge on any atom is 2.00 e. The van der Waals surface area contributed by atoms with Crippen molar-refractivity contribution < 1.29 is 46.8 Å². The van der Waals surface area contributed by atoms with Crippen LogP contribution in [0, 0.1) is 17.8 Å². The molecular formula is C39H56CoN2O6. The Morgan fingerprint density at radius 3 is 1.69 bits per heavy atom. The van der Waals surface area contributed by atoms with Crippen molar-refractivity contribution in [1.29, 1.82) is 0 Å². The van der Waals surface area contributed by atoms with Crippen molar-refractivity contribution in [2.24, 2.45) is 27.7 Å². The molecule has 2 bridgehead atoms. The van der Waals surface area contributed by atoms with E-state index < -0.39 is 11.9 Å². The van der Waals surface area contributed by atoms with Gasteiger partial charge < -0.3 is 30.0 Å². The Hall–Kier alpha value is -3.17. The number of phenols is 2. The van der Waals surface area contributed by atoms with Crippen molar-refractivity contribution in [2.75, 3.05) is 0 Å². The van der Waals surface area contributed by atoms with E-state index in [9.17, 15) is 10.2 Å². The summed E-state index contributed by atoms with van der Waals surface area (Å²) in [7, 11) is 0. The summed E-state index contributed by atoms with van der Waals surface area (Å²) in [6.45, 7) is 15.2. The summed E-state index contributed by atoms with van der Waals surface area (Å²) in [6.07, 6.45) is 14.1. The van der Waals surface area contributed by atoms with E-state index in [2.05, 4.69) is 65.8 Å². The van der Waals surface area contributed by atoms with E-state index in [0.29, 0.717) is 29.3 Å². The van der Waals surface area contributed by atoms with Crippen LogP contribution in [0.4, 0.5) is 0 Å². The van der Waals surface area contributed by atoms with Gasteiger partial charge in [0.1, 0.15) is 11.5 Å². The zero-order chi connectivity index (χ0) is 35.3. The maximum atomic E-state index is 11.0. The number of aliphatic imine (C=N–C) groups is 2. The molecule has 2 saturated carbocycles. The number of aryl methyl sites for hydroxylation is 4. The molecule has 267 valence electrons. The molecule has 2 fully saturated rings. The maximum absolute atomic E-state index is 11.0. The minimum Gasteiger partial charge on any atom is -0.550 e. The number of aliphatic carboxylic acids is 2. The first-order chi connectivity index (χ1) is 22.1. The monoisotopic (exact) mass is 707 g/mol. The number of carbonyl (C=O) groups is 2. The minimum atomic E-state index is -1.08. The third-order valence-corrected chi connectivity index (χ3v) is 9.00. The van der Waals surface area contributed by atoms with Crippen LogP contribution in [-0.4, -0.2) is 46.2 Å². The average molecular weight is 708 g/mol. The van der Waals surface area contributed by atoms with Crippen LogP contribution in [0.15, 0.2) is 34.3 Å².